The highest BCUT2D eigenvalue weighted by Crippen LogP contribution is 2.31. The number of ether oxygens (including phenoxy) is 3. The van der Waals surface area contributed by atoms with Crippen molar-refractivity contribution in [3.8, 4) is 28.5 Å². The van der Waals surface area contributed by atoms with Crippen molar-refractivity contribution in [3.05, 3.63) is 77.9 Å². The van der Waals surface area contributed by atoms with E-state index in [1.807, 2.05) is 55.5 Å². The summed E-state index contributed by atoms with van der Waals surface area (Å²) >= 11 is 0. The number of hydrogen-bond acceptors (Lipinski definition) is 13. The van der Waals surface area contributed by atoms with Crippen molar-refractivity contribution in [1.29, 1.82) is 0 Å². The molecule has 0 aliphatic heterocycles. The summed E-state index contributed by atoms with van der Waals surface area (Å²) < 4.78 is 17.3. The minimum Gasteiger partial charge on any atom is -0.478 e. The van der Waals surface area contributed by atoms with Gasteiger partial charge in [-0.05, 0) is 41.0 Å². The predicted octanol–water partition coefficient (Wildman–Crippen LogP) is 4.01. The molecule has 16 heteroatoms. The second kappa shape index (κ2) is 14.4. The Morgan fingerprint density at radius 3 is 2.44 bits per heavy atom. The SMILES string of the molecule is CCOc1nc2cccc(C(=O)O)c2n1Cc1ccc(-c2ccccc2-c2nnn(COC(=O)OCCCON(O)O)n2)cc1. The zero-order valence-electron chi connectivity index (χ0n) is 24.0. The molecule has 0 aliphatic carbocycles. The molecule has 16 nitrogen and oxygen atoms in total. The van der Waals surface area contributed by atoms with Gasteiger partial charge in [0.25, 0.3) is 6.01 Å². The highest BCUT2D eigenvalue weighted by Gasteiger charge is 2.19. The molecule has 0 atom stereocenters. The lowest BCUT2D eigenvalue weighted by Gasteiger charge is -2.12. The average molecular weight is 620 g/mol. The Kier molecular flexibility index (Phi) is 9.90. The van der Waals surface area contributed by atoms with Crippen LogP contribution in [-0.2, 0) is 27.6 Å². The van der Waals surface area contributed by atoms with Gasteiger partial charge in [0.05, 0.1) is 48.4 Å². The molecular formula is C29H29N7O9. The van der Waals surface area contributed by atoms with Crippen LogP contribution in [0.3, 0.4) is 0 Å². The summed E-state index contributed by atoms with van der Waals surface area (Å²) in [5, 5.41) is 38.6. The van der Waals surface area contributed by atoms with Gasteiger partial charge < -0.3 is 19.3 Å². The number of para-hydroxylation sites is 1. The van der Waals surface area contributed by atoms with Crippen LogP contribution in [-0.4, -0.2) is 82.6 Å². The molecular weight excluding hydrogens is 590 g/mol. The first-order valence-corrected chi connectivity index (χ1v) is 13.8. The Hall–Kier alpha value is -5.42. The van der Waals surface area contributed by atoms with Crippen molar-refractivity contribution in [3.63, 3.8) is 0 Å². The molecule has 2 aromatic heterocycles. The number of fused-ring (bicyclic) bond motifs is 1. The van der Waals surface area contributed by atoms with Crippen LogP contribution in [0.25, 0.3) is 33.5 Å². The normalized spacial score (nSPS) is 11.2. The Labute approximate surface area is 255 Å². The van der Waals surface area contributed by atoms with Gasteiger partial charge in [0.1, 0.15) is 0 Å². The van der Waals surface area contributed by atoms with E-state index in [1.165, 1.54) is 0 Å². The largest absolute Gasteiger partial charge is 0.510 e. The molecule has 0 saturated carbocycles. The first-order chi connectivity index (χ1) is 21.8. The molecule has 3 aromatic carbocycles. The maximum Gasteiger partial charge on any atom is 0.510 e. The van der Waals surface area contributed by atoms with E-state index in [2.05, 4.69) is 25.2 Å². The topological polar surface area (TPSA) is 196 Å². The number of carboxylic acid groups (broad SMARTS) is 1. The summed E-state index contributed by atoms with van der Waals surface area (Å²) in [5.41, 5.74) is 4.49. The van der Waals surface area contributed by atoms with E-state index in [9.17, 15) is 14.7 Å². The number of benzene rings is 3. The van der Waals surface area contributed by atoms with Crippen LogP contribution in [0.4, 0.5) is 4.79 Å². The Bertz CT molecular complexity index is 1770. The summed E-state index contributed by atoms with van der Waals surface area (Å²) in [6.45, 7) is 2.08. The number of carboxylic acids is 1. The lowest BCUT2D eigenvalue weighted by molar-refractivity contribution is -0.492. The number of rotatable bonds is 14. The fraction of sp³-hybridized carbons (Fsp3) is 0.241. The second-order valence-electron chi connectivity index (χ2n) is 9.43. The van der Waals surface area contributed by atoms with Crippen molar-refractivity contribution >= 4 is 23.2 Å². The molecule has 0 amide bonds. The second-order valence-corrected chi connectivity index (χ2v) is 9.43. The fourth-order valence-electron chi connectivity index (χ4n) is 4.54. The standard InChI is InChI=1S/C29H29N7O9/c1-2-42-28-30-24-10-5-9-23(27(37)38)25(24)34(28)17-19-11-13-20(14-12-19)21-7-3-4-8-22(21)26-31-33-35(32-26)18-44-29(39)43-15-6-16-45-36(40)41/h3-5,7-14,40-41H,2,6,15-18H2,1H3,(H,37,38). The maximum atomic E-state index is 11.9. The van der Waals surface area contributed by atoms with E-state index in [4.69, 9.17) is 24.6 Å². The van der Waals surface area contributed by atoms with Crippen LogP contribution in [0.2, 0.25) is 0 Å². The summed E-state index contributed by atoms with van der Waals surface area (Å²) in [6.07, 6.45) is -0.758. The predicted molar refractivity (Wildman–Crippen MR) is 154 cm³/mol. The molecule has 0 radical (unpaired) electrons. The van der Waals surface area contributed by atoms with Gasteiger partial charge in [-0.15, -0.1) is 15.0 Å². The number of hydrogen-bond donors (Lipinski definition) is 3. The first kappa shape index (κ1) is 31.0. The molecule has 234 valence electrons. The molecule has 3 N–H and O–H groups in total. The van der Waals surface area contributed by atoms with E-state index in [0.29, 0.717) is 41.6 Å². The van der Waals surface area contributed by atoms with E-state index in [1.54, 1.807) is 22.8 Å². The van der Waals surface area contributed by atoms with Gasteiger partial charge in [0.2, 0.25) is 12.6 Å². The average Bonchev–Trinajstić information content (AvgIpc) is 3.65. The van der Waals surface area contributed by atoms with Gasteiger partial charge >= 0.3 is 12.1 Å². The molecule has 0 bridgehead atoms. The van der Waals surface area contributed by atoms with Crippen LogP contribution in [0.15, 0.2) is 66.7 Å². The van der Waals surface area contributed by atoms with Crippen LogP contribution >= 0.6 is 0 Å². The van der Waals surface area contributed by atoms with Crippen LogP contribution in [0, 0.1) is 0 Å². The van der Waals surface area contributed by atoms with E-state index >= 15 is 0 Å². The van der Waals surface area contributed by atoms with Crippen molar-refractivity contribution in [2.75, 3.05) is 19.8 Å². The highest BCUT2D eigenvalue weighted by molar-refractivity contribution is 6.01. The van der Waals surface area contributed by atoms with Gasteiger partial charge in [-0.2, -0.15) is 4.98 Å². The molecule has 2 heterocycles. The zero-order chi connectivity index (χ0) is 31.8. The van der Waals surface area contributed by atoms with Gasteiger partial charge in [-0.3, -0.25) is 19.8 Å². The first-order valence-electron chi connectivity index (χ1n) is 13.8. The minimum atomic E-state index is -1.05. The van der Waals surface area contributed by atoms with Crippen molar-refractivity contribution in [2.45, 2.75) is 26.6 Å². The molecule has 0 spiro atoms. The number of carbonyl (C=O) groups is 2. The zero-order valence-corrected chi connectivity index (χ0v) is 24.0. The van der Waals surface area contributed by atoms with E-state index in [-0.39, 0.29) is 31.9 Å². The lowest BCUT2D eigenvalue weighted by atomic mass is 9.98. The van der Waals surface area contributed by atoms with Crippen LogP contribution in [0.5, 0.6) is 6.01 Å². The third-order valence-electron chi connectivity index (χ3n) is 6.48. The smallest absolute Gasteiger partial charge is 0.478 e. The number of aromatic nitrogens is 6. The van der Waals surface area contributed by atoms with Gasteiger partial charge in [0.15, 0.2) is 0 Å². The molecule has 0 aliphatic rings. The quantitative estimate of drug-likeness (QED) is 0.0915. The van der Waals surface area contributed by atoms with Crippen molar-refractivity contribution in [2.24, 2.45) is 0 Å². The van der Waals surface area contributed by atoms with Crippen molar-refractivity contribution in [1.82, 2.24) is 35.1 Å². The van der Waals surface area contributed by atoms with Gasteiger partial charge in [-0.25, -0.2) is 9.59 Å². The van der Waals surface area contributed by atoms with E-state index in [0.717, 1.165) is 21.5 Å². The molecule has 0 saturated heterocycles. The number of aromatic carboxylic acids is 1. The third-order valence-corrected chi connectivity index (χ3v) is 6.48. The molecule has 0 fully saturated rings. The van der Waals surface area contributed by atoms with E-state index < -0.39 is 17.5 Å². The highest BCUT2D eigenvalue weighted by atomic mass is 17.1. The Morgan fingerprint density at radius 2 is 1.71 bits per heavy atom. The lowest BCUT2D eigenvalue weighted by Crippen LogP contribution is -2.17. The fourth-order valence-corrected chi connectivity index (χ4v) is 4.54. The maximum absolute atomic E-state index is 11.9. The summed E-state index contributed by atoms with van der Waals surface area (Å²) in [4.78, 5) is 33.7. The number of tetrazole rings is 1. The third kappa shape index (κ3) is 7.57. The summed E-state index contributed by atoms with van der Waals surface area (Å²) in [6, 6.07) is 20.6. The van der Waals surface area contributed by atoms with Crippen LogP contribution in [0.1, 0.15) is 29.3 Å². The summed E-state index contributed by atoms with van der Waals surface area (Å²) in [7, 11) is 0. The number of carbonyl (C=O) groups excluding carboxylic acids is 1. The van der Waals surface area contributed by atoms with Gasteiger partial charge in [0, 0.05) is 12.0 Å². The molecule has 5 rings (SSSR count). The van der Waals surface area contributed by atoms with Crippen molar-refractivity contribution < 1.29 is 44.2 Å². The molecule has 45 heavy (non-hydrogen) atoms. The minimum absolute atomic E-state index is 0.0646. The Morgan fingerprint density at radius 1 is 0.933 bits per heavy atom. The Balaban J connectivity index is 1.28. The molecule has 0 unspecified atom stereocenters. The summed E-state index contributed by atoms with van der Waals surface area (Å²) in [5.74, 6) is -0.732. The molecule has 5 aromatic rings. The number of imidazole rings is 1. The van der Waals surface area contributed by atoms with Gasteiger partial charge in [-0.1, -0.05) is 54.6 Å². The number of nitrogens with zero attached hydrogens (tertiary/aromatic N) is 7. The monoisotopic (exact) mass is 619 g/mol. The van der Waals surface area contributed by atoms with Crippen LogP contribution < -0.4 is 4.74 Å².